The average Bonchev–Trinajstić information content (AvgIpc) is 3.03. The highest BCUT2D eigenvalue weighted by molar-refractivity contribution is 6.04. The molecule has 3 heteroatoms. The summed E-state index contributed by atoms with van der Waals surface area (Å²) in [4.78, 5) is 12.2. The van der Waals surface area contributed by atoms with Gasteiger partial charge in [0, 0.05) is 23.0 Å². The van der Waals surface area contributed by atoms with Gasteiger partial charge < -0.3 is 10.6 Å². The van der Waals surface area contributed by atoms with Gasteiger partial charge in [-0.3, -0.25) is 4.79 Å². The van der Waals surface area contributed by atoms with Crippen molar-refractivity contribution in [2.45, 2.75) is 38.6 Å². The Morgan fingerprint density at radius 3 is 2.14 bits per heavy atom. The van der Waals surface area contributed by atoms with E-state index in [1.165, 1.54) is 25.7 Å². The van der Waals surface area contributed by atoms with E-state index in [1.54, 1.807) is 0 Å². The highest BCUT2D eigenvalue weighted by Crippen LogP contribution is 2.23. The highest BCUT2D eigenvalue weighted by Gasteiger charge is 2.14. The summed E-state index contributed by atoms with van der Waals surface area (Å²) in [7, 11) is 0. The van der Waals surface area contributed by atoms with Gasteiger partial charge in [-0.25, -0.2) is 0 Å². The summed E-state index contributed by atoms with van der Waals surface area (Å²) in [6.45, 7) is 2.01. The quantitative estimate of drug-likeness (QED) is 0.865. The molecule has 3 rings (SSSR count). The average molecular weight is 294 g/mol. The SMILES string of the molecule is Cc1ccc(C(=O)Nc2ccc(NC3CCCC3)cc2)cc1. The topological polar surface area (TPSA) is 41.1 Å². The Morgan fingerprint density at radius 2 is 1.50 bits per heavy atom. The number of carbonyl (C=O) groups is 1. The Bertz CT molecular complexity index is 625. The number of hydrogen-bond acceptors (Lipinski definition) is 2. The van der Waals surface area contributed by atoms with Gasteiger partial charge in [0.25, 0.3) is 5.91 Å². The van der Waals surface area contributed by atoms with Crippen LogP contribution in [0.1, 0.15) is 41.6 Å². The smallest absolute Gasteiger partial charge is 0.255 e. The van der Waals surface area contributed by atoms with Crippen molar-refractivity contribution < 1.29 is 4.79 Å². The molecule has 2 N–H and O–H groups in total. The minimum Gasteiger partial charge on any atom is -0.382 e. The van der Waals surface area contributed by atoms with Gasteiger partial charge in [-0.15, -0.1) is 0 Å². The lowest BCUT2D eigenvalue weighted by molar-refractivity contribution is 0.102. The fourth-order valence-electron chi connectivity index (χ4n) is 2.86. The third-order valence-corrected chi connectivity index (χ3v) is 4.18. The molecule has 0 saturated heterocycles. The standard InChI is InChI=1S/C19H22N2O/c1-14-6-8-15(9-7-14)19(22)21-18-12-10-17(11-13-18)20-16-4-2-3-5-16/h6-13,16,20H,2-5H2,1H3,(H,21,22). The van der Waals surface area contributed by atoms with Crippen LogP contribution in [-0.2, 0) is 0 Å². The molecule has 0 aliphatic heterocycles. The maximum absolute atomic E-state index is 12.2. The maximum atomic E-state index is 12.2. The fraction of sp³-hybridized carbons (Fsp3) is 0.316. The third-order valence-electron chi connectivity index (χ3n) is 4.18. The number of carbonyl (C=O) groups excluding carboxylic acids is 1. The summed E-state index contributed by atoms with van der Waals surface area (Å²) >= 11 is 0. The van der Waals surface area contributed by atoms with E-state index in [0.717, 1.165) is 16.9 Å². The lowest BCUT2D eigenvalue weighted by Crippen LogP contribution is -2.14. The zero-order chi connectivity index (χ0) is 15.4. The van der Waals surface area contributed by atoms with Crippen molar-refractivity contribution in [1.82, 2.24) is 0 Å². The molecule has 3 nitrogen and oxygen atoms in total. The van der Waals surface area contributed by atoms with Crippen LogP contribution in [0, 0.1) is 6.92 Å². The summed E-state index contributed by atoms with van der Waals surface area (Å²) in [5, 5.41) is 6.48. The highest BCUT2D eigenvalue weighted by atomic mass is 16.1. The predicted molar refractivity (Wildman–Crippen MR) is 91.5 cm³/mol. The van der Waals surface area contributed by atoms with E-state index in [4.69, 9.17) is 0 Å². The molecular formula is C19H22N2O. The van der Waals surface area contributed by atoms with Crippen molar-refractivity contribution in [1.29, 1.82) is 0 Å². The van der Waals surface area contributed by atoms with Crippen LogP contribution in [0.3, 0.4) is 0 Å². The maximum Gasteiger partial charge on any atom is 0.255 e. The van der Waals surface area contributed by atoms with E-state index < -0.39 is 0 Å². The van der Waals surface area contributed by atoms with E-state index in [0.29, 0.717) is 11.6 Å². The molecule has 2 aromatic rings. The van der Waals surface area contributed by atoms with E-state index in [-0.39, 0.29) is 5.91 Å². The van der Waals surface area contributed by atoms with Crippen molar-refractivity contribution in [3.05, 3.63) is 59.7 Å². The first-order valence-corrected chi connectivity index (χ1v) is 7.95. The van der Waals surface area contributed by atoms with Crippen LogP contribution in [-0.4, -0.2) is 11.9 Å². The van der Waals surface area contributed by atoms with E-state index in [2.05, 4.69) is 10.6 Å². The molecule has 0 spiro atoms. The molecule has 2 aromatic carbocycles. The molecule has 114 valence electrons. The van der Waals surface area contributed by atoms with Gasteiger partial charge in [0.15, 0.2) is 0 Å². The molecule has 0 heterocycles. The van der Waals surface area contributed by atoms with Crippen LogP contribution in [0.25, 0.3) is 0 Å². The normalized spacial score (nSPS) is 14.8. The Balaban J connectivity index is 1.60. The molecule has 1 amide bonds. The molecule has 0 bridgehead atoms. The summed E-state index contributed by atoms with van der Waals surface area (Å²) in [5.74, 6) is -0.0727. The van der Waals surface area contributed by atoms with Crippen molar-refractivity contribution in [2.24, 2.45) is 0 Å². The second kappa shape index (κ2) is 6.65. The minimum absolute atomic E-state index is 0.0727. The number of rotatable bonds is 4. The van der Waals surface area contributed by atoms with Crippen LogP contribution >= 0.6 is 0 Å². The zero-order valence-electron chi connectivity index (χ0n) is 12.9. The molecule has 0 atom stereocenters. The van der Waals surface area contributed by atoms with E-state index in [9.17, 15) is 4.79 Å². The summed E-state index contributed by atoms with van der Waals surface area (Å²) in [6, 6.07) is 16.2. The van der Waals surface area contributed by atoms with Crippen LogP contribution in [0.15, 0.2) is 48.5 Å². The molecule has 0 aromatic heterocycles. The fourth-order valence-corrected chi connectivity index (χ4v) is 2.86. The second-order valence-electron chi connectivity index (χ2n) is 6.02. The molecule has 0 radical (unpaired) electrons. The Labute approximate surface area is 131 Å². The number of benzene rings is 2. The zero-order valence-corrected chi connectivity index (χ0v) is 12.9. The lowest BCUT2D eigenvalue weighted by atomic mass is 10.1. The first-order valence-electron chi connectivity index (χ1n) is 7.95. The van der Waals surface area contributed by atoms with E-state index in [1.807, 2.05) is 55.5 Å². The molecule has 1 fully saturated rings. The van der Waals surface area contributed by atoms with Crippen molar-refractivity contribution in [2.75, 3.05) is 10.6 Å². The van der Waals surface area contributed by atoms with Crippen molar-refractivity contribution in [3.8, 4) is 0 Å². The molecule has 1 aliphatic rings. The number of nitrogens with one attached hydrogen (secondary N) is 2. The van der Waals surface area contributed by atoms with Crippen molar-refractivity contribution in [3.63, 3.8) is 0 Å². The van der Waals surface area contributed by atoms with Crippen LogP contribution in [0.5, 0.6) is 0 Å². The molecule has 22 heavy (non-hydrogen) atoms. The number of aryl methyl sites for hydroxylation is 1. The van der Waals surface area contributed by atoms with Gasteiger partial charge in [0.2, 0.25) is 0 Å². The van der Waals surface area contributed by atoms with Crippen LogP contribution in [0.4, 0.5) is 11.4 Å². The summed E-state index contributed by atoms with van der Waals surface area (Å²) < 4.78 is 0. The molecular weight excluding hydrogens is 272 g/mol. The molecule has 1 saturated carbocycles. The first kappa shape index (κ1) is 14.6. The second-order valence-corrected chi connectivity index (χ2v) is 6.02. The number of anilines is 2. The number of hydrogen-bond donors (Lipinski definition) is 2. The first-order chi connectivity index (χ1) is 10.7. The van der Waals surface area contributed by atoms with Gasteiger partial charge in [-0.1, -0.05) is 30.5 Å². The molecule has 1 aliphatic carbocycles. The summed E-state index contributed by atoms with van der Waals surface area (Å²) in [6.07, 6.45) is 5.16. The van der Waals surface area contributed by atoms with Crippen molar-refractivity contribution >= 4 is 17.3 Å². The Kier molecular flexibility index (Phi) is 4.42. The molecule has 0 unspecified atom stereocenters. The third kappa shape index (κ3) is 3.67. The monoisotopic (exact) mass is 294 g/mol. The van der Waals surface area contributed by atoms with Crippen LogP contribution in [0.2, 0.25) is 0 Å². The van der Waals surface area contributed by atoms with Gasteiger partial charge in [0.05, 0.1) is 0 Å². The van der Waals surface area contributed by atoms with Gasteiger partial charge >= 0.3 is 0 Å². The predicted octanol–water partition coefficient (Wildman–Crippen LogP) is 4.60. The lowest BCUT2D eigenvalue weighted by Gasteiger charge is -2.14. The van der Waals surface area contributed by atoms with E-state index >= 15 is 0 Å². The number of amides is 1. The van der Waals surface area contributed by atoms with Gasteiger partial charge in [0.1, 0.15) is 0 Å². The van der Waals surface area contributed by atoms with Gasteiger partial charge in [-0.05, 0) is 56.2 Å². The van der Waals surface area contributed by atoms with Crippen LogP contribution < -0.4 is 10.6 Å². The largest absolute Gasteiger partial charge is 0.382 e. The Hall–Kier alpha value is -2.29. The minimum atomic E-state index is -0.0727. The van der Waals surface area contributed by atoms with Gasteiger partial charge in [-0.2, -0.15) is 0 Å². The summed E-state index contributed by atoms with van der Waals surface area (Å²) in [5.41, 5.74) is 3.78. The Morgan fingerprint density at radius 1 is 0.909 bits per heavy atom.